The van der Waals surface area contributed by atoms with Crippen molar-refractivity contribution < 1.29 is 0 Å². The molecular formula is C9H6N4O. The molecule has 0 fully saturated rings. The second-order valence-electron chi connectivity index (χ2n) is 2.96. The number of aromatic nitrogens is 4. The largest absolute Gasteiger partial charge is 0.324 e. The molecule has 3 aromatic heterocycles. The monoisotopic (exact) mass is 186 g/mol. The van der Waals surface area contributed by atoms with Crippen molar-refractivity contribution in [1.29, 1.82) is 0 Å². The van der Waals surface area contributed by atoms with Gasteiger partial charge in [0.25, 0.3) is 5.56 Å². The first kappa shape index (κ1) is 7.25. The fourth-order valence-electron chi connectivity index (χ4n) is 1.47. The molecule has 3 heterocycles. The van der Waals surface area contributed by atoms with Crippen molar-refractivity contribution in [2.45, 2.75) is 0 Å². The molecule has 3 rings (SSSR count). The predicted molar refractivity (Wildman–Crippen MR) is 51.1 cm³/mol. The molecule has 14 heavy (non-hydrogen) atoms. The Morgan fingerprint density at radius 1 is 1.29 bits per heavy atom. The molecule has 0 aliphatic carbocycles. The summed E-state index contributed by atoms with van der Waals surface area (Å²) in [6, 6.07) is 5.19. The summed E-state index contributed by atoms with van der Waals surface area (Å²) in [5.74, 6) is 0. The lowest BCUT2D eigenvalue weighted by molar-refractivity contribution is 0.913. The molecule has 0 unspecified atom stereocenters. The summed E-state index contributed by atoms with van der Waals surface area (Å²) in [6.07, 6.45) is 3.22. The van der Waals surface area contributed by atoms with Gasteiger partial charge in [0.1, 0.15) is 11.3 Å². The van der Waals surface area contributed by atoms with Crippen LogP contribution in [0.3, 0.4) is 0 Å². The number of nitrogens with one attached hydrogen (secondary N) is 1. The minimum Gasteiger partial charge on any atom is -0.324 e. The number of hydrogen-bond acceptors (Lipinski definition) is 3. The van der Waals surface area contributed by atoms with Crippen LogP contribution < -0.4 is 5.56 Å². The smallest absolute Gasteiger partial charge is 0.283 e. The lowest BCUT2D eigenvalue weighted by Crippen LogP contribution is -2.15. The Morgan fingerprint density at radius 3 is 3.14 bits per heavy atom. The van der Waals surface area contributed by atoms with E-state index in [0.29, 0.717) is 16.7 Å². The highest BCUT2D eigenvalue weighted by atomic mass is 16.1. The zero-order valence-corrected chi connectivity index (χ0v) is 7.14. The summed E-state index contributed by atoms with van der Waals surface area (Å²) in [5, 5.41) is 4.46. The van der Waals surface area contributed by atoms with Crippen LogP contribution in [-0.2, 0) is 0 Å². The Kier molecular flexibility index (Phi) is 1.25. The highest BCUT2D eigenvalue weighted by Crippen LogP contribution is 2.04. The normalized spacial score (nSPS) is 11.1. The highest BCUT2D eigenvalue weighted by molar-refractivity contribution is 5.75. The van der Waals surface area contributed by atoms with Gasteiger partial charge in [-0.3, -0.25) is 4.79 Å². The van der Waals surface area contributed by atoms with Gasteiger partial charge in [0.15, 0.2) is 0 Å². The van der Waals surface area contributed by atoms with Gasteiger partial charge in [-0.1, -0.05) is 0 Å². The van der Waals surface area contributed by atoms with E-state index in [1.807, 2.05) is 0 Å². The zero-order valence-electron chi connectivity index (χ0n) is 7.14. The van der Waals surface area contributed by atoms with Crippen molar-refractivity contribution in [3.8, 4) is 0 Å². The van der Waals surface area contributed by atoms with E-state index in [9.17, 15) is 4.79 Å². The highest BCUT2D eigenvalue weighted by Gasteiger charge is 2.04. The van der Waals surface area contributed by atoms with Crippen LogP contribution in [0.4, 0.5) is 0 Å². The van der Waals surface area contributed by atoms with Gasteiger partial charge in [0.05, 0.1) is 11.6 Å². The summed E-state index contributed by atoms with van der Waals surface area (Å²) in [5.41, 5.74) is 1.10. The summed E-state index contributed by atoms with van der Waals surface area (Å²) in [7, 11) is 0. The van der Waals surface area contributed by atoms with E-state index in [4.69, 9.17) is 0 Å². The number of rotatable bonds is 0. The molecule has 0 saturated carbocycles. The topological polar surface area (TPSA) is 63.0 Å². The van der Waals surface area contributed by atoms with Crippen molar-refractivity contribution in [3.05, 3.63) is 40.9 Å². The Labute approximate surface area is 78.0 Å². The third-order valence-electron chi connectivity index (χ3n) is 2.12. The first-order valence-electron chi connectivity index (χ1n) is 4.17. The third-order valence-corrected chi connectivity index (χ3v) is 2.12. The van der Waals surface area contributed by atoms with Crippen LogP contribution in [0.1, 0.15) is 0 Å². The molecule has 0 bridgehead atoms. The van der Waals surface area contributed by atoms with Crippen LogP contribution in [0.15, 0.2) is 35.4 Å². The van der Waals surface area contributed by atoms with Crippen molar-refractivity contribution in [1.82, 2.24) is 19.6 Å². The van der Waals surface area contributed by atoms with Crippen molar-refractivity contribution in [2.24, 2.45) is 0 Å². The van der Waals surface area contributed by atoms with Gasteiger partial charge in [-0.2, -0.15) is 9.61 Å². The van der Waals surface area contributed by atoms with E-state index in [1.54, 1.807) is 30.6 Å². The van der Waals surface area contributed by atoms with E-state index >= 15 is 0 Å². The maximum atomic E-state index is 11.8. The van der Waals surface area contributed by atoms with Crippen LogP contribution in [0.5, 0.6) is 0 Å². The minimum atomic E-state index is -0.146. The standard InChI is InChI=1S/C9H6N4O/c14-9-6-2-1-4-10-8(6)12-7-3-5-11-13(7)9/h1-5H,(H,10,12). The molecule has 0 aliphatic heterocycles. The molecule has 0 aromatic carbocycles. The maximum Gasteiger partial charge on any atom is 0.283 e. The van der Waals surface area contributed by atoms with E-state index in [1.165, 1.54) is 4.52 Å². The molecule has 5 nitrogen and oxygen atoms in total. The van der Waals surface area contributed by atoms with Gasteiger partial charge in [-0.05, 0) is 12.1 Å². The average Bonchev–Trinajstić information content (AvgIpc) is 2.66. The van der Waals surface area contributed by atoms with Crippen molar-refractivity contribution >= 4 is 16.7 Å². The molecule has 1 N–H and O–H groups in total. The SMILES string of the molecule is O=c1c2cccnc2[nH]c2ccnn12. The third kappa shape index (κ3) is 0.806. The Morgan fingerprint density at radius 2 is 2.21 bits per heavy atom. The van der Waals surface area contributed by atoms with Crippen LogP contribution >= 0.6 is 0 Å². The summed E-state index contributed by atoms with van der Waals surface area (Å²) in [6.45, 7) is 0. The van der Waals surface area contributed by atoms with E-state index < -0.39 is 0 Å². The quantitative estimate of drug-likeness (QED) is 0.558. The summed E-state index contributed by atoms with van der Waals surface area (Å²) in [4.78, 5) is 18.9. The lowest BCUT2D eigenvalue weighted by atomic mass is 10.3. The fraction of sp³-hybridized carbons (Fsp3) is 0. The second kappa shape index (κ2) is 2.41. The van der Waals surface area contributed by atoms with Gasteiger partial charge in [0.2, 0.25) is 0 Å². The first-order chi connectivity index (χ1) is 6.86. The van der Waals surface area contributed by atoms with Crippen LogP contribution in [0.25, 0.3) is 16.7 Å². The molecular weight excluding hydrogens is 180 g/mol. The first-order valence-corrected chi connectivity index (χ1v) is 4.17. The van der Waals surface area contributed by atoms with E-state index in [0.717, 1.165) is 0 Å². The average molecular weight is 186 g/mol. The molecule has 0 radical (unpaired) electrons. The minimum absolute atomic E-state index is 0.146. The van der Waals surface area contributed by atoms with E-state index in [-0.39, 0.29) is 5.56 Å². The molecule has 0 saturated heterocycles. The lowest BCUT2D eigenvalue weighted by Gasteiger charge is -1.97. The molecule has 3 aromatic rings. The zero-order chi connectivity index (χ0) is 9.54. The molecule has 68 valence electrons. The van der Waals surface area contributed by atoms with Gasteiger partial charge >= 0.3 is 0 Å². The van der Waals surface area contributed by atoms with Gasteiger partial charge in [-0.25, -0.2) is 4.98 Å². The number of H-pyrrole nitrogens is 1. The number of aromatic amines is 1. The molecule has 0 spiro atoms. The Hall–Kier alpha value is -2.17. The number of hydrogen-bond donors (Lipinski definition) is 1. The molecule has 0 aliphatic rings. The number of nitrogens with zero attached hydrogens (tertiary/aromatic N) is 3. The molecule has 5 heteroatoms. The van der Waals surface area contributed by atoms with Crippen molar-refractivity contribution in [2.75, 3.05) is 0 Å². The van der Waals surface area contributed by atoms with Crippen LogP contribution in [0.2, 0.25) is 0 Å². The number of fused-ring (bicyclic) bond motifs is 2. The predicted octanol–water partition coefficient (Wildman–Crippen LogP) is 0.571. The maximum absolute atomic E-state index is 11.8. The van der Waals surface area contributed by atoms with E-state index in [2.05, 4.69) is 15.1 Å². The summed E-state index contributed by atoms with van der Waals surface area (Å²) < 4.78 is 1.32. The molecule has 0 atom stereocenters. The Bertz CT molecular complexity index is 667. The second-order valence-corrected chi connectivity index (χ2v) is 2.96. The van der Waals surface area contributed by atoms with Crippen LogP contribution in [0, 0.1) is 0 Å². The van der Waals surface area contributed by atoms with Gasteiger partial charge in [0, 0.05) is 12.3 Å². The van der Waals surface area contributed by atoms with Crippen LogP contribution in [-0.4, -0.2) is 19.6 Å². The van der Waals surface area contributed by atoms with Crippen molar-refractivity contribution in [3.63, 3.8) is 0 Å². The Balaban J connectivity index is 2.70. The fourth-order valence-corrected chi connectivity index (χ4v) is 1.47. The number of pyridine rings is 1. The van der Waals surface area contributed by atoms with Gasteiger partial charge in [-0.15, -0.1) is 0 Å². The van der Waals surface area contributed by atoms with Gasteiger partial charge < -0.3 is 4.98 Å². The summed E-state index contributed by atoms with van der Waals surface area (Å²) >= 11 is 0. The molecule has 0 amide bonds.